The van der Waals surface area contributed by atoms with Crippen molar-refractivity contribution in [1.29, 1.82) is 0 Å². The molecule has 0 aromatic carbocycles. The second kappa shape index (κ2) is 3.98. The van der Waals surface area contributed by atoms with E-state index in [-0.39, 0.29) is 16.2 Å². The lowest BCUT2D eigenvalue weighted by atomic mass is 9.81. The van der Waals surface area contributed by atoms with E-state index in [2.05, 4.69) is 27.7 Å². The Kier molecular flexibility index (Phi) is 3.57. The number of alkyl halides is 2. The molecule has 0 aromatic rings. The van der Waals surface area contributed by atoms with E-state index in [4.69, 9.17) is 23.2 Å². The summed E-state index contributed by atoms with van der Waals surface area (Å²) in [5, 5.41) is 0.232. The number of rotatable bonds is 0. The molecule has 4 unspecified atom stereocenters. The molecular formula is C11H20Cl2. The molecule has 0 N–H and O–H groups in total. The van der Waals surface area contributed by atoms with Gasteiger partial charge in [0.2, 0.25) is 0 Å². The quantitative estimate of drug-likeness (QED) is 0.424. The Morgan fingerprint density at radius 3 is 2.23 bits per heavy atom. The number of halogens is 2. The van der Waals surface area contributed by atoms with Gasteiger partial charge in [-0.1, -0.05) is 27.7 Å². The molecule has 1 rings (SSSR count). The van der Waals surface area contributed by atoms with Gasteiger partial charge in [0.25, 0.3) is 0 Å². The third-order valence-electron chi connectivity index (χ3n) is 3.22. The highest BCUT2D eigenvalue weighted by atomic mass is 35.5. The highest BCUT2D eigenvalue weighted by Crippen LogP contribution is 2.44. The van der Waals surface area contributed by atoms with Crippen LogP contribution in [-0.2, 0) is 0 Å². The van der Waals surface area contributed by atoms with Crippen LogP contribution in [0, 0.1) is 17.3 Å². The summed E-state index contributed by atoms with van der Waals surface area (Å²) >= 11 is 12.7. The molecular weight excluding hydrogens is 203 g/mol. The van der Waals surface area contributed by atoms with Gasteiger partial charge in [0.1, 0.15) is 0 Å². The first-order valence-electron chi connectivity index (χ1n) is 5.12. The molecule has 0 nitrogen and oxygen atoms in total. The van der Waals surface area contributed by atoms with E-state index in [1.54, 1.807) is 0 Å². The van der Waals surface area contributed by atoms with Crippen LogP contribution in [0.3, 0.4) is 0 Å². The van der Waals surface area contributed by atoms with E-state index in [9.17, 15) is 0 Å². The number of hydrogen-bond donors (Lipinski definition) is 0. The Labute approximate surface area is 92.0 Å². The summed E-state index contributed by atoms with van der Waals surface area (Å²) < 4.78 is 0. The average molecular weight is 223 g/mol. The van der Waals surface area contributed by atoms with Crippen LogP contribution < -0.4 is 0 Å². The molecule has 4 atom stereocenters. The van der Waals surface area contributed by atoms with Crippen molar-refractivity contribution in [3.05, 3.63) is 0 Å². The summed E-state index contributed by atoms with van der Waals surface area (Å²) in [5.74, 6) is 1.29. The van der Waals surface area contributed by atoms with Crippen LogP contribution in [0.1, 0.15) is 40.5 Å². The fourth-order valence-electron chi connectivity index (χ4n) is 2.58. The van der Waals surface area contributed by atoms with Gasteiger partial charge >= 0.3 is 0 Å². The molecule has 0 aliphatic heterocycles. The van der Waals surface area contributed by atoms with E-state index in [1.807, 2.05) is 0 Å². The summed E-state index contributed by atoms with van der Waals surface area (Å²) in [6.45, 7) is 8.98. The molecule has 13 heavy (non-hydrogen) atoms. The fourth-order valence-corrected chi connectivity index (χ4v) is 3.36. The van der Waals surface area contributed by atoms with Crippen LogP contribution in [0.2, 0.25) is 0 Å². The van der Waals surface area contributed by atoms with Gasteiger partial charge < -0.3 is 0 Å². The van der Waals surface area contributed by atoms with Crippen LogP contribution in [-0.4, -0.2) is 10.8 Å². The Hall–Kier alpha value is 0.580. The van der Waals surface area contributed by atoms with Crippen LogP contribution in [0.15, 0.2) is 0 Å². The molecule has 0 saturated heterocycles. The van der Waals surface area contributed by atoms with Crippen molar-refractivity contribution >= 4 is 23.2 Å². The Morgan fingerprint density at radius 1 is 1.15 bits per heavy atom. The second-order valence-corrected chi connectivity index (χ2v) is 6.33. The maximum absolute atomic E-state index is 6.39. The zero-order chi connectivity index (χ0) is 10.2. The monoisotopic (exact) mass is 222 g/mol. The highest BCUT2D eigenvalue weighted by molar-refractivity contribution is 6.30. The van der Waals surface area contributed by atoms with Gasteiger partial charge in [-0.05, 0) is 30.1 Å². The predicted molar refractivity (Wildman–Crippen MR) is 60.6 cm³/mol. The SMILES string of the molecule is CC1CC(C)C(Cl)C(Cl)C(C)(C)C1. The first kappa shape index (κ1) is 11.7. The highest BCUT2D eigenvalue weighted by Gasteiger charge is 2.40. The lowest BCUT2D eigenvalue weighted by molar-refractivity contribution is 0.283. The van der Waals surface area contributed by atoms with Crippen molar-refractivity contribution in [2.24, 2.45) is 17.3 Å². The summed E-state index contributed by atoms with van der Waals surface area (Å²) in [7, 11) is 0. The summed E-state index contributed by atoms with van der Waals surface area (Å²) in [6.07, 6.45) is 2.40. The third kappa shape index (κ3) is 2.53. The third-order valence-corrected chi connectivity index (χ3v) is 4.89. The van der Waals surface area contributed by atoms with Gasteiger partial charge in [-0.2, -0.15) is 0 Å². The first-order valence-corrected chi connectivity index (χ1v) is 6.00. The second-order valence-electron chi connectivity index (χ2n) is 5.36. The molecule has 1 saturated carbocycles. The van der Waals surface area contributed by atoms with E-state index in [0.29, 0.717) is 5.92 Å². The van der Waals surface area contributed by atoms with Crippen LogP contribution in [0.4, 0.5) is 0 Å². The predicted octanol–water partition coefficient (Wildman–Crippen LogP) is 4.29. The van der Waals surface area contributed by atoms with Gasteiger partial charge in [0.05, 0.1) is 10.8 Å². The Balaban J connectivity index is 2.82. The van der Waals surface area contributed by atoms with E-state index < -0.39 is 0 Å². The van der Waals surface area contributed by atoms with Crippen molar-refractivity contribution < 1.29 is 0 Å². The van der Waals surface area contributed by atoms with Gasteiger partial charge in [0, 0.05) is 0 Å². The molecule has 0 radical (unpaired) electrons. The topological polar surface area (TPSA) is 0 Å². The van der Waals surface area contributed by atoms with Gasteiger partial charge in [-0.25, -0.2) is 0 Å². The molecule has 1 fully saturated rings. The molecule has 1 aliphatic rings. The minimum Gasteiger partial charge on any atom is -0.121 e. The molecule has 78 valence electrons. The van der Waals surface area contributed by atoms with Crippen molar-refractivity contribution in [2.45, 2.75) is 51.3 Å². The van der Waals surface area contributed by atoms with Crippen molar-refractivity contribution in [2.75, 3.05) is 0 Å². The van der Waals surface area contributed by atoms with E-state index >= 15 is 0 Å². The minimum absolute atomic E-state index is 0.106. The molecule has 0 heterocycles. The Morgan fingerprint density at radius 2 is 1.69 bits per heavy atom. The maximum atomic E-state index is 6.39. The van der Waals surface area contributed by atoms with Crippen molar-refractivity contribution in [3.63, 3.8) is 0 Å². The van der Waals surface area contributed by atoms with Crippen molar-refractivity contribution in [3.8, 4) is 0 Å². The molecule has 0 spiro atoms. The van der Waals surface area contributed by atoms with E-state index in [0.717, 1.165) is 5.92 Å². The minimum atomic E-state index is 0.106. The number of hydrogen-bond acceptors (Lipinski definition) is 0. The zero-order valence-electron chi connectivity index (χ0n) is 8.98. The van der Waals surface area contributed by atoms with Gasteiger partial charge in [0.15, 0.2) is 0 Å². The lowest BCUT2D eigenvalue weighted by Crippen LogP contribution is -2.33. The molecule has 2 heteroatoms. The smallest absolute Gasteiger partial charge is 0.0553 e. The zero-order valence-corrected chi connectivity index (χ0v) is 10.5. The molecule has 1 aliphatic carbocycles. The summed E-state index contributed by atoms with van der Waals surface area (Å²) in [6, 6.07) is 0. The average Bonchev–Trinajstić information content (AvgIpc) is 2.03. The van der Waals surface area contributed by atoms with Gasteiger partial charge in [-0.3, -0.25) is 0 Å². The van der Waals surface area contributed by atoms with Crippen molar-refractivity contribution in [1.82, 2.24) is 0 Å². The maximum Gasteiger partial charge on any atom is 0.0553 e. The molecule has 0 amide bonds. The summed E-state index contributed by atoms with van der Waals surface area (Å²) in [4.78, 5) is 0. The standard InChI is InChI=1S/C11H20Cl2/c1-7-5-8(2)9(12)10(13)11(3,4)6-7/h7-10H,5-6H2,1-4H3. The molecule has 0 aromatic heterocycles. The molecule has 0 bridgehead atoms. The fraction of sp³-hybridized carbons (Fsp3) is 1.00. The normalized spacial score (nSPS) is 45.7. The van der Waals surface area contributed by atoms with Gasteiger partial charge in [-0.15, -0.1) is 23.2 Å². The van der Waals surface area contributed by atoms with Crippen LogP contribution >= 0.6 is 23.2 Å². The largest absolute Gasteiger partial charge is 0.121 e. The van der Waals surface area contributed by atoms with E-state index in [1.165, 1.54) is 12.8 Å². The summed E-state index contributed by atoms with van der Waals surface area (Å²) in [5.41, 5.74) is 0.179. The van der Waals surface area contributed by atoms with Crippen LogP contribution in [0.25, 0.3) is 0 Å². The van der Waals surface area contributed by atoms with Crippen LogP contribution in [0.5, 0.6) is 0 Å². The Bertz CT molecular complexity index is 177. The lowest BCUT2D eigenvalue weighted by Gasteiger charge is -2.32. The first-order chi connectivity index (χ1) is 5.84.